The Balaban J connectivity index is 1.57. The number of aromatic hydroxyl groups is 1. The molecule has 3 fully saturated rings. The van der Waals surface area contributed by atoms with Gasteiger partial charge in [-0.05, 0) is 62.6 Å². The minimum atomic E-state index is -0.879. The largest absolute Gasteiger partial charge is 0.504 e. The average Bonchev–Trinajstić information content (AvgIpc) is 3.32. The van der Waals surface area contributed by atoms with Crippen LogP contribution in [0.25, 0.3) is 0 Å². The molecule has 0 aromatic heterocycles. The first-order valence-corrected chi connectivity index (χ1v) is 9.71. The number of nitrogens with zero attached hydrogens (tertiary/aromatic N) is 1. The molecule has 3 N–H and O–H groups in total. The minimum Gasteiger partial charge on any atom is -0.504 e. The van der Waals surface area contributed by atoms with Crippen molar-refractivity contribution in [2.75, 3.05) is 13.1 Å². The topological polar surface area (TPSA) is 73.2 Å². The number of phenols is 1. The molecule has 0 amide bonds. The molecule has 5 aliphatic rings. The van der Waals surface area contributed by atoms with E-state index in [4.69, 9.17) is 4.74 Å². The minimum absolute atomic E-state index is 0.0865. The summed E-state index contributed by atoms with van der Waals surface area (Å²) in [6.45, 7) is 2.02. The number of hydrogen-bond donors (Lipinski definition) is 3. The molecule has 25 heavy (non-hydrogen) atoms. The summed E-state index contributed by atoms with van der Waals surface area (Å²) in [5.41, 5.74) is 0.716. The Bertz CT molecular complexity index is 762. The number of piperidine rings is 1. The summed E-state index contributed by atoms with van der Waals surface area (Å²) in [5.74, 6) is 1.44. The van der Waals surface area contributed by atoms with Crippen LogP contribution in [0.1, 0.15) is 43.2 Å². The van der Waals surface area contributed by atoms with Gasteiger partial charge >= 0.3 is 0 Å². The van der Waals surface area contributed by atoms with Gasteiger partial charge in [0.2, 0.25) is 0 Å². The third-order valence-electron chi connectivity index (χ3n) is 7.73. The van der Waals surface area contributed by atoms with E-state index in [-0.39, 0.29) is 11.8 Å². The molecule has 134 valence electrons. The SMILES string of the molecule is Oc1ccc2c3c1O[C@H]1C(O)CCC4(O)C(C2)N(CC2CC2)CC[C@]314. The maximum atomic E-state index is 12.0. The van der Waals surface area contributed by atoms with Gasteiger partial charge in [-0.15, -0.1) is 0 Å². The van der Waals surface area contributed by atoms with Crippen molar-refractivity contribution in [3.8, 4) is 11.5 Å². The van der Waals surface area contributed by atoms with Gasteiger partial charge in [0.1, 0.15) is 6.10 Å². The van der Waals surface area contributed by atoms with E-state index < -0.39 is 23.2 Å². The van der Waals surface area contributed by atoms with E-state index in [0.717, 1.165) is 37.4 Å². The number of aliphatic hydroxyl groups excluding tert-OH is 1. The summed E-state index contributed by atoms with van der Waals surface area (Å²) in [6.07, 6.45) is 4.35. The second-order valence-electron chi connectivity index (χ2n) is 8.90. The predicted molar refractivity (Wildman–Crippen MR) is 90.8 cm³/mol. The number of likely N-dealkylation sites (tertiary alicyclic amines) is 1. The summed E-state index contributed by atoms with van der Waals surface area (Å²) < 4.78 is 6.14. The molecule has 3 unspecified atom stereocenters. The highest BCUT2D eigenvalue weighted by molar-refractivity contribution is 5.62. The zero-order valence-electron chi connectivity index (χ0n) is 14.3. The average molecular weight is 343 g/mol. The molecule has 5 nitrogen and oxygen atoms in total. The summed E-state index contributed by atoms with van der Waals surface area (Å²) >= 11 is 0. The van der Waals surface area contributed by atoms with Gasteiger partial charge in [0.05, 0.1) is 17.1 Å². The molecule has 2 heterocycles. The molecule has 1 aromatic rings. The third-order valence-corrected chi connectivity index (χ3v) is 7.73. The number of phenolic OH excluding ortho intramolecular Hbond substituents is 1. The number of hydrogen-bond acceptors (Lipinski definition) is 5. The van der Waals surface area contributed by atoms with Gasteiger partial charge in [-0.3, -0.25) is 4.90 Å². The van der Waals surface area contributed by atoms with Crippen LogP contribution in [0.2, 0.25) is 0 Å². The molecule has 5 atom stereocenters. The van der Waals surface area contributed by atoms with E-state index in [0.29, 0.717) is 18.6 Å². The van der Waals surface area contributed by atoms with Crippen molar-refractivity contribution in [2.24, 2.45) is 5.92 Å². The fraction of sp³-hybridized carbons (Fsp3) is 0.700. The smallest absolute Gasteiger partial charge is 0.165 e. The summed E-state index contributed by atoms with van der Waals surface area (Å²) in [5, 5.41) is 33.1. The maximum Gasteiger partial charge on any atom is 0.165 e. The Hall–Kier alpha value is -1.30. The van der Waals surface area contributed by atoms with Crippen LogP contribution in [0.3, 0.4) is 0 Å². The molecule has 1 spiro atoms. The van der Waals surface area contributed by atoms with Crippen LogP contribution in [-0.4, -0.2) is 57.2 Å². The first kappa shape index (κ1) is 14.8. The van der Waals surface area contributed by atoms with E-state index in [1.54, 1.807) is 6.07 Å². The maximum absolute atomic E-state index is 12.0. The lowest BCUT2D eigenvalue weighted by Crippen LogP contribution is -2.77. The number of aliphatic hydroxyl groups is 2. The summed E-state index contributed by atoms with van der Waals surface area (Å²) in [4.78, 5) is 2.51. The lowest BCUT2D eigenvalue weighted by molar-refractivity contribution is -0.208. The van der Waals surface area contributed by atoms with Gasteiger partial charge in [-0.2, -0.15) is 0 Å². The van der Waals surface area contributed by atoms with Crippen molar-refractivity contribution in [3.63, 3.8) is 0 Å². The molecule has 1 aromatic carbocycles. The van der Waals surface area contributed by atoms with Crippen molar-refractivity contribution in [1.82, 2.24) is 4.90 Å². The van der Waals surface area contributed by atoms with Gasteiger partial charge in [0.15, 0.2) is 11.5 Å². The summed E-state index contributed by atoms with van der Waals surface area (Å²) in [7, 11) is 0. The van der Waals surface area contributed by atoms with Gasteiger partial charge in [-0.25, -0.2) is 0 Å². The quantitative estimate of drug-likeness (QED) is 0.755. The Morgan fingerprint density at radius 1 is 1.20 bits per heavy atom. The van der Waals surface area contributed by atoms with Crippen LogP contribution in [0.5, 0.6) is 11.5 Å². The van der Waals surface area contributed by atoms with Crippen LogP contribution in [-0.2, 0) is 11.8 Å². The Morgan fingerprint density at radius 2 is 2.04 bits per heavy atom. The van der Waals surface area contributed by atoms with E-state index in [1.807, 2.05) is 6.07 Å². The van der Waals surface area contributed by atoms with Gasteiger partial charge in [0, 0.05) is 18.2 Å². The van der Waals surface area contributed by atoms with E-state index in [2.05, 4.69) is 4.90 Å². The molecule has 3 aliphatic carbocycles. The van der Waals surface area contributed by atoms with Crippen LogP contribution in [0, 0.1) is 5.92 Å². The zero-order chi connectivity index (χ0) is 17.0. The van der Waals surface area contributed by atoms with Crippen molar-refractivity contribution in [1.29, 1.82) is 0 Å². The van der Waals surface area contributed by atoms with Crippen molar-refractivity contribution >= 4 is 0 Å². The highest BCUT2D eigenvalue weighted by Gasteiger charge is 2.72. The Morgan fingerprint density at radius 3 is 2.84 bits per heavy atom. The monoisotopic (exact) mass is 343 g/mol. The normalized spacial score (nSPS) is 44.3. The third kappa shape index (κ3) is 1.61. The fourth-order valence-corrected chi connectivity index (χ4v) is 6.46. The lowest BCUT2D eigenvalue weighted by atomic mass is 9.48. The Kier molecular flexibility index (Phi) is 2.67. The van der Waals surface area contributed by atoms with Crippen LogP contribution in [0.15, 0.2) is 12.1 Å². The molecular formula is C20H25NO4. The first-order chi connectivity index (χ1) is 12.0. The molecule has 6 rings (SSSR count). The number of rotatable bonds is 2. The predicted octanol–water partition coefficient (Wildman–Crippen LogP) is 1.32. The van der Waals surface area contributed by atoms with Crippen LogP contribution < -0.4 is 4.74 Å². The summed E-state index contributed by atoms with van der Waals surface area (Å²) in [6, 6.07) is 3.79. The molecule has 2 bridgehead atoms. The van der Waals surface area contributed by atoms with Gasteiger partial charge in [-0.1, -0.05) is 6.07 Å². The Labute approximate surface area is 147 Å². The second-order valence-corrected chi connectivity index (χ2v) is 8.90. The van der Waals surface area contributed by atoms with Crippen molar-refractivity contribution < 1.29 is 20.1 Å². The number of ether oxygens (including phenoxy) is 1. The highest BCUT2D eigenvalue weighted by Crippen LogP contribution is 2.65. The fourth-order valence-electron chi connectivity index (χ4n) is 6.46. The molecule has 0 radical (unpaired) electrons. The molecule has 2 aliphatic heterocycles. The van der Waals surface area contributed by atoms with Gasteiger partial charge < -0.3 is 20.1 Å². The van der Waals surface area contributed by atoms with Crippen LogP contribution in [0.4, 0.5) is 0 Å². The number of benzene rings is 1. The lowest BCUT2D eigenvalue weighted by Gasteiger charge is -2.63. The standard InChI is InChI=1S/C20H25NO4/c22-13-4-3-12-9-15-20(24)6-5-14(23)18-19(20,16(12)17(13)25-18)7-8-21(15)10-11-1-2-11/h3-4,11,14-15,18,22-24H,1-2,5-10H2/t14?,15?,18-,19-,20?/m0/s1. The highest BCUT2D eigenvalue weighted by atomic mass is 16.5. The van der Waals surface area contributed by atoms with Gasteiger partial charge in [0.25, 0.3) is 0 Å². The van der Waals surface area contributed by atoms with Crippen molar-refractivity contribution in [2.45, 2.75) is 67.8 Å². The molecular weight excluding hydrogens is 318 g/mol. The zero-order valence-corrected chi connectivity index (χ0v) is 14.3. The molecule has 2 saturated carbocycles. The first-order valence-electron chi connectivity index (χ1n) is 9.71. The molecule has 5 heteroatoms. The second kappa shape index (κ2) is 4.51. The molecule has 1 saturated heterocycles. The van der Waals surface area contributed by atoms with E-state index in [1.165, 1.54) is 18.4 Å². The van der Waals surface area contributed by atoms with E-state index in [9.17, 15) is 15.3 Å². The van der Waals surface area contributed by atoms with Crippen LogP contribution >= 0.6 is 0 Å². The van der Waals surface area contributed by atoms with Crippen molar-refractivity contribution in [3.05, 3.63) is 23.3 Å². The van der Waals surface area contributed by atoms with E-state index >= 15 is 0 Å².